The van der Waals surface area contributed by atoms with Crippen LogP contribution in [-0.2, 0) is 24.4 Å². The van der Waals surface area contributed by atoms with Crippen molar-refractivity contribution in [2.24, 2.45) is 0 Å². The van der Waals surface area contributed by atoms with Gasteiger partial charge in [0.25, 0.3) is 0 Å². The topological polar surface area (TPSA) is 54.0 Å². The summed E-state index contributed by atoms with van der Waals surface area (Å²) in [6.45, 7) is 14.5. The molecule has 0 aliphatic heterocycles. The molecule has 1 unspecified atom stereocenters. The number of esters is 1. The van der Waals surface area contributed by atoms with E-state index in [2.05, 4.69) is 33.8 Å². The molecule has 0 aromatic heterocycles. The molecule has 0 radical (unpaired) electrons. The second kappa shape index (κ2) is 12.4. The summed E-state index contributed by atoms with van der Waals surface area (Å²) in [5, 5.41) is 0. The van der Waals surface area contributed by atoms with Crippen molar-refractivity contribution in [3.8, 4) is 5.75 Å². The van der Waals surface area contributed by atoms with E-state index in [1.807, 2.05) is 44.2 Å². The summed E-state index contributed by atoms with van der Waals surface area (Å²) in [5.41, 5.74) is 4.06. The molecule has 166 valence electrons. The van der Waals surface area contributed by atoms with Crippen LogP contribution in [-0.4, -0.2) is 32.8 Å². The molecule has 1 atom stereocenters. The van der Waals surface area contributed by atoms with E-state index in [0.29, 0.717) is 6.61 Å². The first-order chi connectivity index (χ1) is 14.1. The van der Waals surface area contributed by atoms with Gasteiger partial charge in [0.15, 0.2) is 13.1 Å². The monoisotopic (exact) mass is 416 g/mol. The van der Waals surface area contributed by atoms with Crippen LogP contribution in [0.3, 0.4) is 0 Å². The van der Waals surface area contributed by atoms with Gasteiger partial charge >= 0.3 is 5.97 Å². The third-order valence-corrected chi connectivity index (χ3v) is 4.43. The van der Waals surface area contributed by atoms with Crippen LogP contribution in [0.2, 0.25) is 0 Å². The largest absolute Gasteiger partial charge is 0.467 e. The van der Waals surface area contributed by atoms with Crippen molar-refractivity contribution < 1.29 is 23.7 Å². The maximum atomic E-state index is 11.5. The molecule has 0 aliphatic rings. The lowest BCUT2D eigenvalue weighted by Gasteiger charge is -2.24. The highest BCUT2D eigenvalue weighted by molar-refractivity contribution is 5.83. The van der Waals surface area contributed by atoms with Gasteiger partial charge in [-0.2, -0.15) is 0 Å². The SMILES string of the molecule is CCOC(=O)/C=C(C)/C=C/C=C(\C)c1ccc(OCOC(C)OC)c(C(C)(C)C)c1. The summed E-state index contributed by atoms with van der Waals surface area (Å²) in [6, 6.07) is 6.16. The predicted molar refractivity (Wildman–Crippen MR) is 121 cm³/mol. The highest BCUT2D eigenvalue weighted by Gasteiger charge is 2.20. The predicted octanol–water partition coefficient (Wildman–Crippen LogP) is 5.80. The molecular formula is C25H36O5. The van der Waals surface area contributed by atoms with Gasteiger partial charge in [0, 0.05) is 18.7 Å². The Morgan fingerprint density at radius 2 is 1.90 bits per heavy atom. The van der Waals surface area contributed by atoms with Crippen molar-refractivity contribution in [2.45, 2.75) is 60.2 Å². The smallest absolute Gasteiger partial charge is 0.330 e. The quantitative estimate of drug-likeness (QED) is 0.209. The lowest BCUT2D eigenvalue weighted by molar-refractivity contribution is -0.149. The van der Waals surface area contributed by atoms with Crippen LogP contribution in [0.1, 0.15) is 59.6 Å². The fourth-order valence-electron chi connectivity index (χ4n) is 2.61. The molecule has 0 saturated carbocycles. The Morgan fingerprint density at radius 3 is 2.50 bits per heavy atom. The summed E-state index contributed by atoms with van der Waals surface area (Å²) in [7, 11) is 1.59. The Labute approximate surface area is 181 Å². The second-order valence-electron chi connectivity index (χ2n) is 8.04. The van der Waals surface area contributed by atoms with E-state index in [0.717, 1.165) is 28.0 Å². The zero-order chi connectivity index (χ0) is 22.7. The zero-order valence-corrected chi connectivity index (χ0v) is 19.6. The van der Waals surface area contributed by atoms with Gasteiger partial charge in [-0.3, -0.25) is 0 Å². The zero-order valence-electron chi connectivity index (χ0n) is 19.6. The number of hydrogen-bond acceptors (Lipinski definition) is 5. The van der Waals surface area contributed by atoms with Crippen LogP contribution < -0.4 is 4.74 Å². The van der Waals surface area contributed by atoms with Crippen molar-refractivity contribution in [3.63, 3.8) is 0 Å². The number of hydrogen-bond donors (Lipinski definition) is 0. The summed E-state index contributed by atoms with van der Waals surface area (Å²) >= 11 is 0. The van der Waals surface area contributed by atoms with E-state index in [1.54, 1.807) is 14.0 Å². The highest BCUT2D eigenvalue weighted by atomic mass is 16.7. The van der Waals surface area contributed by atoms with Gasteiger partial charge in [-0.15, -0.1) is 0 Å². The summed E-state index contributed by atoms with van der Waals surface area (Å²) in [5.74, 6) is 0.473. The Hall–Kier alpha value is -2.37. The maximum Gasteiger partial charge on any atom is 0.330 e. The van der Waals surface area contributed by atoms with E-state index >= 15 is 0 Å². The van der Waals surface area contributed by atoms with Gasteiger partial charge in [0.05, 0.1) is 6.61 Å². The van der Waals surface area contributed by atoms with Gasteiger partial charge in [0.2, 0.25) is 0 Å². The van der Waals surface area contributed by atoms with Crippen LogP contribution in [0.15, 0.2) is 48.1 Å². The first-order valence-electron chi connectivity index (χ1n) is 10.2. The molecule has 0 amide bonds. The number of benzene rings is 1. The van der Waals surface area contributed by atoms with Crippen molar-refractivity contribution in [2.75, 3.05) is 20.5 Å². The first-order valence-corrected chi connectivity index (χ1v) is 10.2. The molecule has 1 aromatic carbocycles. The minimum atomic E-state index is -0.324. The van der Waals surface area contributed by atoms with Crippen molar-refractivity contribution in [3.05, 3.63) is 59.2 Å². The van der Waals surface area contributed by atoms with E-state index in [4.69, 9.17) is 18.9 Å². The molecule has 0 bridgehead atoms. The molecule has 1 rings (SSSR count). The molecular weight excluding hydrogens is 380 g/mol. The molecule has 5 nitrogen and oxygen atoms in total. The Balaban J connectivity index is 2.99. The molecule has 0 aliphatic carbocycles. The molecule has 30 heavy (non-hydrogen) atoms. The van der Waals surface area contributed by atoms with Gasteiger partial charge < -0.3 is 18.9 Å². The number of ether oxygens (including phenoxy) is 4. The average molecular weight is 417 g/mol. The molecule has 1 aromatic rings. The van der Waals surface area contributed by atoms with Gasteiger partial charge in [-0.25, -0.2) is 4.79 Å². The third-order valence-electron chi connectivity index (χ3n) is 4.43. The number of methoxy groups -OCH3 is 1. The minimum Gasteiger partial charge on any atom is -0.467 e. The summed E-state index contributed by atoms with van der Waals surface area (Å²) in [6.07, 6.45) is 7.01. The molecule has 0 saturated heterocycles. The van der Waals surface area contributed by atoms with E-state index in [1.165, 1.54) is 6.08 Å². The van der Waals surface area contributed by atoms with Crippen LogP contribution in [0.4, 0.5) is 0 Å². The lowest BCUT2D eigenvalue weighted by Crippen LogP contribution is -2.18. The fourth-order valence-corrected chi connectivity index (χ4v) is 2.61. The van der Waals surface area contributed by atoms with Crippen LogP contribution >= 0.6 is 0 Å². The number of allylic oxidation sites excluding steroid dienone is 5. The second-order valence-corrected chi connectivity index (χ2v) is 8.04. The number of rotatable bonds is 10. The van der Waals surface area contributed by atoms with Gasteiger partial charge in [-0.05, 0) is 62.0 Å². The Kier molecular flexibility index (Phi) is 10.6. The van der Waals surface area contributed by atoms with Crippen molar-refractivity contribution in [1.29, 1.82) is 0 Å². The Morgan fingerprint density at radius 1 is 1.20 bits per heavy atom. The fraction of sp³-hybridized carbons (Fsp3) is 0.480. The van der Waals surface area contributed by atoms with Crippen molar-refractivity contribution >= 4 is 11.5 Å². The Bertz CT molecular complexity index is 781. The maximum absolute atomic E-state index is 11.5. The van der Waals surface area contributed by atoms with E-state index in [9.17, 15) is 4.79 Å². The number of carbonyl (C=O) groups excluding carboxylic acids is 1. The van der Waals surface area contributed by atoms with Crippen LogP contribution in [0.25, 0.3) is 5.57 Å². The number of carbonyl (C=O) groups is 1. The van der Waals surface area contributed by atoms with E-state index < -0.39 is 0 Å². The molecule has 0 heterocycles. The van der Waals surface area contributed by atoms with E-state index in [-0.39, 0.29) is 24.5 Å². The normalized spacial score (nSPS) is 14.1. The van der Waals surface area contributed by atoms with Gasteiger partial charge in [-0.1, -0.05) is 45.1 Å². The molecule has 5 heteroatoms. The summed E-state index contributed by atoms with van der Waals surface area (Å²) < 4.78 is 21.3. The van der Waals surface area contributed by atoms with Crippen LogP contribution in [0.5, 0.6) is 5.75 Å². The van der Waals surface area contributed by atoms with Crippen LogP contribution in [0, 0.1) is 0 Å². The van der Waals surface area contributed by atoms with Crippen molar-refractivity contribution in [1.82, 2.24) is 0 Å². The third kappa shape index (κ3) is 8.97. The molecule has 0 N–H and O–H groups in total. The summed E-state index contributed by atoms with van der Waals surface area (Å²) in [4.78, 5) is 11.5. The lowest BCUT2D eigenvalue weighted by atomic mass is 9.84. The molecule has 0 fully saturated rings. The average Bonchev–Trinajstić information content (AvgIpc) is 2.67. The van der Waals surface area contributed by atoms with Gasteiger partial charge in [0.1, 0.15) is 5.75 Å². The molecule has 0 spiro atoms. The standard InChI is InChI=1S/C25H36O5/c1-9-28-24(26)15-18(2)11-10-12-19(3)21-13-14-23(22(16-21)25(5,6)7)30-17-29-20(4)27-8/h10-16,20H,9,17H2,1-8H3/b11-10+,18-15+,19-12+. The highest BCUT2D eigenvalue weighted by Crippen LogP contribution is 2.34. The minimum absolute atomic E-state index is 0.0900. The first kappa shape index (κ1) is 25.7.